The zero-order chi connectivity index (χ0) is 38.5. The molecule has 0 radical (unpaired) electrons. The Bertz CT molecular complexity index is 3040. The molecule has 1 heterocycles. The van der Waals surface area contributed by atoms with Gasteiger partial charge in [-0.05, 0) is 112 Å². The lowest BCUT2D eigenvalue weighted by molar-refractivity contribution is 1.29. The van der Waals surface area contributed by atoms with E-state index in [0.717, 1.165) is 17.1 Å². The third-order valence-electron chi connectivity index (χ3n) is 12.1. The Balaban J connectivity index is 1.09. The van der Waals surface area contributed by atoms with Crippen LogP contribution in [0.1, 0.15) is 0 Å². The lowest BCUT2D eigenvalue weighted by atomic mass is 9.91. The van der Waals surface area contributed by atoms with Crippen molar-refractivity contribution in [2.75, 3.05) is 4.90 Å². The number of fused-ring (bicyclic) bond motifs is 6. The van der Waals surface area contributed by atoms with Crippen LogP contribution in [-0.4, -0.2) is 8.07 Å². The first-order chi connectivity index (χ1) is 28.8. The van der Waals surface area contributed by atoms with Gasteiger partial charge in [-0.3, -0.25) is 0 Å². The van der Waals surface area contributed by atoms with Crippen LogP contribution in [0.5, 0.6) is 0 Å². The molecule has 0 saturated heterocycles. The zero-order valence-electron chi connectivity index (χ0n) is 32.0. The maximum absolute atomic E-state index is 2.61. The van der Waals surface area contributed by atoms with Crippen LogP contribution < -0.4 is 25.6 Å². The summed E-state index contributed by atoms with van der Waals surface area (Å²) in [6.45, 7) is 0. The predicted molar refractivity (Wildman–Crippen MR) is 250 cm³/mol. The molecule has 58 heavy (non-hydrogen) atoms. The van der Waals surface area contributed by atoms with Gasteiger partial charge in [0.05, 0.1) is 0 Å². The molecule has 10 aromatic rings. The fourth-order valence-electron chi connectivity index (χ4n) is 9.64. The Morgan fingerprint density at radius 1 is 0.310 bits per heavy atom. The summed E-state index contributed by atoms with van der Waals surface area (Å²) in [5.41, 5.74) is 11.0. The SMILES string of the molecule is c1ccc(-c2cccc3cccc(-c4ccc(N(c5ccccc5)c5ccc6ccc7c(c6c5)-c5ccccc5[Si]7(c5ccccc5)c5ccccc5)cc4)c23)cc1. The summed E-state index contributed by atoms with van der Waals surface area (Å²) in [5, 5.41) is 10.8. The highest BCUT2D eigenvalue weighted by Crippen LogP contribution is 2.42. The summed E-state index contributed by atoms with van der Waals surface area (Å²) < 4.78 is 0. The van der Waals surface area contributed by atoms with Crippen LogP contribution in [0.15, 0.2) is 237 Å². The lowest BCUT2D eigenvalue weighted by Gasteiger charge is -2.31. The molecule has 0 aliphatic carbocycles. The molecule has 1 nitrogen and oxygen atoms in total. The van der Waals surface area contributed by atoms with E-state index in [4.69, 9.17) is 0 Å². The summed E-state index contributed by atoms with van der Waals surface area (Å²) in [7, 11) is -2.61. The Morgan fingerprint density at radius 3 is 1.47 bits per heavy atom. The predicted octanol–water partition coefficient (Wildman–Crippen LogP) is 12.2. The van der Waals surface area contributed by atoms with Gasteiger partial charge in [-0.1, -0.05) is 200 Å². The summed E-state index contributed by atoms with van der Waals surface area (Å²) in [4.78, 5) is 2.40. The second-order valence-electron chi connectivity index (χ2n) is 15.2. The van der Waals surface area contributed by atoms with Gasteiger partial charge in [-0.2, -0.15) is 0 Å². The molecule has 0 bridgehead atoms. The van der Waals surface area contributed by atoms with Crippen LogP contribution in [0.3, 0.4) is 0 Å². The monoisotopic (exact) mass is 753 g/mol. The Kier molecular flexibility index (Phi) is 8.23. The molecule has 0 aromatic heterocycles. The first kappa shape index (κ1) is 34.0. The normalized spacial score (nSPS) is 12.6. The zero-order valence-corrected chi connectivity index (χ0v) is 33.0. The molecule has 272 valence electrons. The summed E-state index contributed by atoms with van der Waals surface area (Å²) in [6.07, 6.45) is 0. The highest BCUT2D eigenvalue weighted by atomic mass is 28.3. The molecular weight excluding hydrogens is 715 g/mol. The van der Waals surface area contributed by atoms with Gasteiger partial charge in [-0.15, -0.1) is 0 Å². The first-order valence-electron chi connectivity index (χ1n) is 20.1. The van der Waals surface area contributed by atoms with E-state index in [1.807, 2.05) is 0 Å². The number of nitrogens with zero attached hydrogens (tertiary/aromatic N) is 1. The van der Waals surface area contributed by atoms with Crippen LogP contribution in [0.2, 0.25) is 0 Å². The van der Waals surface area contributed by atoms with Gasteiger partial charge >= 0.3 is 0 Å². The highest BCUT2D eigenvalue weighted by Gasteiger charge is 2.49. The highest BCUT2D eigenvalue weighted by molar-refractivity contribution is 7.22. The molecule has 0 fully saturated rings. The molecular formula is C56H39NSi. The van der Waals surface area contributed by atoms with Crippen molar-refractivity contribution in [1.29, 1.82) is 0 Å². The standard InChI is InChI=1S/C56H39NSi/c1-5-17-40(18-6-1)49-28-15-19-43-20-16-29-50(55(43)49)41-31-35-45(36-32-41)57(44-21-7-2-8-22-44)46-37-33-42-34-38-54-56(52(42)39-46)51-27-13-14-30-53(51)58(54,47-23-9-3-10-24-47)48-25-11-4-12-26-48/h1-39H. The van der Waals surface area contributed by atoms with Crippen molar-refractivity contribution in [2.45, 2.75) is 0 Å². The smallest absolute Gasteiger partial charge is 0.180 e. The molecule has 2 heteroatoms. The van der Waals surface area contributed by atoms with E-state index in [1.54, 1.807) is 0 Å². The van der Waals surface area contributed by atoms with Crippen LogP contribution >= 0.6 is 0 Å². The maximum Gasteiger partial charge on any atom is 0.180 e. The van der Waals surface area contributed by atoms with Crippen LogP contribution in [-0.2, 0) is 0 Å². The van der Waals surface area contributed by atoms with Crippen molar-refractivity contribution < 1.29 is 0 Å². The maximum atomic E-state index is 2.44. The van der Waals surface area contributed by atoms with Crippen molar-refractivity contribution >= 4 is 67.4 Å². The fourth-order valence-corrected chi connectivity index (χ4v) is 14.8. The van der Waals surface area contributed by atoms with E-state index in [-0.39, 0.29) is 0 Å². The molecule has 11 rings (SSSR count). The van der Waals surface area contributed by atoms with E-state index in [0.29, 0.717) is 0 Å². The summed E-state index contributed by atoms with van der Waals surface area (Å²) in [6, 6.07) is 87.5. The lowest BCUT2D eigenvalue weighted by Crippen LogP contribution is -2.72. The number of para-hydroxylation sites is 1. The fraction of sp³-hybridized carbons (Fsp3) is 0. The number of rotatable bonds is 7. The van der Waals surface area contributed by atoms with Crippen molar-refractivity contribution in [3.8, 4) is 33.4 Å². The van der Waals surface area contributed by atoms with Crippen molar-refractivity contribution in [3.63, 3.8) is 0 Å². The van der Waals surface area contributed by atoms with Gasteiger partial charge in [0.25, 0.3) is 0 Å². The second kappa shape index (κ2) is 14.0. The van der Waals surface area contributed by atoms with Crippen LogP contribution in [0.4, 0.5) is 17.1 Å². The van der Waals surface area contributed by atoms with E-state index in [9.17, 15) is 0 Å². The van der Waals surface area contributed by atoms with E-state index < -0.39 is 8.07 Å². The third-order valence-corrected chi connectivity index (χ3v) is 17.0. The summed E-state index contributed by atoms with van der Waals surface area (Å²) >= 11 is 0. The van der Waals surface area contributed by atoms with Gasteiger partial charge in [0, 0.05) is 17.1 Å². The minimum absolute atomic E-state index is 1.11. The van der Waals surface area contributed by atoms with Crippen LogP contribution in [0, 0.1) is 0 Å². The minimum atomic E-state index is -2.61. The molecule has 0 unspecified atom stereocenters. The van der Waals surface area contributed by atoms with Gasteiger partial charge in [0.1, 0.15) is 0 Å². The van der Waals surface area contributed by atoms with Crippen molar-refractivity contribution in [2.24, 2.45) is 0 Å². The number of anilines is 3. The topological polar surface area (TPSA) is 3.24 Å². The minimum Gasteiger partial charge on any atom is -0.310 e. The Morgan fingerprint density at radius 2 is 0.810 bits per heavy atom. The molecule has 10 aromatic carbocycles. The van der Waals surface area contributed by atoms with E-state index in [1.165, 1.54) is 75.7 Å². The van der Waals surface area contributed by atoms with Crippen molar-refractivity contribution in [3.05, 3.63) is 237 Å². The van der Waals surface area contributed by atoms with E-state index in [2.05, 4.69) is 241 Å². The molecule has 0 N–H and O–H groups in total. The second-order valence-corrected chi connectivity index (χ2v) is 18.9. The van der Waals surface area contributed by atoms with Crippen LogP contribution in [0.25, 0.3) is 54.9 Å². The summed E-state index contributed by atoms with van der Waals surface area (Å²) in [5.74, 6) is 0. The Hall–Kier alpha value is -7.26. The van der Waals surface area contributed by atoms with E-state index >= 15 is 0 Å². The molecule has 0 atom stereocenters. The molecule has 1 aliphatic rings. The third kappa shape index (κ3) is 5.38. The van der Waals surface area contributed by atoms with Gasteiger partial charge < -0.3 is 4.90 Å². The molecule has 0 amide bonds. The largest absolute Gasteiger partial charge is 0.310 e. The average Bonchev–Trinajstić information content (AvgIpc) is 3.62. The number of benzene rings is 10. The van der Waals surface area contributed by atoms with Gasteiger partial charge in [-0.25, -0.2) is 0 Å². The average molecular weight is 754 g/mol. The van der Waals surface area contributed by atoms with Gasteiger partial charge in [0.2, 0.25) is 0 Å². The number of hydrogen-bond acceptors (Lipinski definition) is 1. The van der Waals surface area contributed by atoms with Gasteiger partial charge in [0.15, 0.2) is 8.07 Å². The van der Waals surface area contributed by atoms with Crippen molar-refractivity contribution in [1.82, 2.24) is 0 Å². The molecule has 1 aliphatic heterocycles. The molecule has 0 saturated carbocycles. The molecule has 0 spiro atoms. The number of hydrogen-bond donors (Lipinski definition) is 0. The Labute approximate surface area is 340 Å². The first-order valence-corrected chi connectivity index (χ1v) is 22.1. The quantitative estimate of drug-likeness (QED) is 0.147.